The van der Waals surface area contributed by atoms with Crippen molar-refractivity contribution in [3.05, 3.63) is 18.0 Å². The molecule has 1 amide bonds. The molecule has 2 rings (SSSR count). The number of likely N-dealkylation sites (tertiary alicyclic amines) is 1. The largest absolute Gasteiger partial charge is 0.481 e. The number of anilines is 1. The zero-order chi connectivity index (χ0) is 17.6. The Balaban J connectivity index is 2.11. The third-order valence-electron chi connectivity index (χ3n) is 4.44. The van der Waals surface area contributed by atoms with Gasteiger partial charge in [0.1, 0.15) is 0 Å². The van der Waals surface area contributed by atoms with Crippen molar-refractivity contribution in [2.45, 2.75) is 25.7 Å². The van der Waals surface area contributed by atoms with Crippen molar-refractivity contribution < 1.29 is 19.4 Å². The SMILES string of the molecule is CNc1ncc(C(=O)N2CCC[C@](CCCOC)(C(=O)O)C2)cn1. The number of hydrogen-bond donors (Lipinski definition) is 2. The molecule has 8 nitrogen and oxygen atoms in total. The van der Waals surface area contributed by atoms with Crippen molar-refractivity contribution in [3.63, 3.8) is 0 Å². The second-order valence-electron chi connectivity index (χ2n) is 6.06. The van der Waals surface area contributed by atoms with E-state index >= 15 is 0 Å². The Morgan fingerprint density at radius 3 is 2.71 bits per heavy atom. The number of carboxylic acids is 1. The van der Waals surface area contributed by atoms with E-state index in [1.807, 2.05) is 0 Å². The number of carbonyl (C=O) groups excluding carboxylic acids is 1. The van der Waals surface area contributed by atoms with Crippen LogP contribution in [0.2, 0.25) is 0 Å². The first-order valence-corrected chi connectivity index (χ1v) is 8.04. The van der Waals surface area contributed by atoms with Crippen LogP contribution in [0.15, 0.2) is 12.4 Å². The van der Waals surface area contributed by atoms with Crippen molar-refractivity contribution >= 4 is 17.8 Å². The highest BCUT2D eigenvalue weighted by Crippen LogP contribution is 2.35. The van der Waals surface area contributed by atoms with E-state index in [4.69, 9.17) is 4.74 Å². The number of carbonyl (C=O) groups is 2. The lowest BCUT2D eigenvalue weighted by Crippen LogP contribution is -2.50. The molecule has 1 aromatic rings. The molecule has 0 unspecified atom stereocenters. The predicted molar refractivity (Wildman–Crippen MR) is 87.9 cm³/mol. The first-order valence-electron chi connectivity index (χ1n) is 8.04. The number of aliphatic carboxylic acids is 1. The van der Waals surface area contributed by atoms with Gasteiger partial charge in [-0.05, 0) is 25.7 Å². The lowest BCUT2D eigenvalue weighted by atomic mass is 9.76. The normalized spacial score (nSPS) is 20.7. The van der Waals surface area contributed by atoms with Gasteiger partial charge in [0.05, 0.1) is 11.0 Å². The molecular weight excluding hydrogens is 312 g/mol. The van der Waals surface area contributed by atoms with Gasteiger partial charge >= 0.3 is 5.97 Å². The van der Waals surface area contributed by atoms with Crippen LogP contribution in [-0.4, -0.2) is 65.7 Å². The van der Waals surface area contributed by atoms with Crippen LogP contribution in [0.3, 0.4) is 0 Å². The van der Waals surface area contributed by atoms with Crippen LogP contribution in [0, 0.1) is 5.41 Å². The minimum absolute atomic E-state index is 0.207. The fourth-order valence-electron chi connectivity index (χ4n) is 3.10. The highest BCUT2D eigenvalue weighted by atomic mass is 16.5. The molecule has 1 fully saturated rings. The number of hydrogen-bond acceptors (Lipinski definition) is 6. The Kier molecular flexibility index (Phi) is 6.08. The van der Waals surface area contributed by atoms with E-state index in [0.717, 1.165) is 0 Å². The number of amides is 1. The topological polar surface area (TPSA) is 105 Å². The van der Waals surface area contributed by atoms with Crippen LogP contribution in [0.5, 0.6) is 0 Å². The Morgan fingerprint density at radius 2 is 2.12 bits per heavy atom. The molecule has 24 heavy (non-hydrogen) atoms. The number of piperidine rings is 1. The van der Waals surface area contributed by atoms with Crippen molar-refractivity contribution in [3.8, 4) is 0 Å². The van der Waals surface area contributed by atoms with Crippen LogP contribution in [0.4, 0.5) is 5.95 Å². The van der Waals surface area contributed by atoms with Gasteiger partial charge in [-0.3, -0.25) is 9.59 Å². The molecule has 1 aliphatic heterocycles. The molecule has 1 aromatic heterocycles. The van der Waals surface area contributed by atoms with Gasteiger partial charge in [0, 0.05) is 46.2 Å². The Bertz CT molecular complexity index is 578. The van der Waals surface area contributed by atoms with Gasteiger partial charge < -0.3 is 20.1 Å². The van der Waals surface area contributed by atoms with E-state index < -0.39 is 11.4 Å². The van der Waals surface area contributed by atoms with E-state index in [0.29, 0.717) is 50.3 Å². The smallest absolute Gasteiger partial charge is 0.311 e. The maximum Gasteiger partial charge on any atom is 0.311 e. The molecule has 0 aliphatic carbocycles. The number of nitrogens with zero attached hydrogens (tertiary/aromatic N) is 3. The van der Waals surface area contributed by atoms with Gasteiger partial charge in [0.15, 0.2) is 0 Å². The summed E-state index contributed by atoms with van der Waals surface area (Å²) in [7, 11) is 3.29. The van der Waals surface area contributed by atoms with Crippen LogP contribution in [-0.2, 0) is 9.53 Å². The average molecular weight is 336 g/mol. The maximum absolute atomic E-state index is 12.6. The van der Waals surface area contributed by atoms with Crippen molar-refractivity contribution in [1.29, 1.82) is 0 Å². The number of carboxylic acid groups (broad SMARTS) is 1. The molecule has 2 N–H and O–H groups in total. The molecule has 0 bridgehead atoms. The van der Waals surface area contributed by atoms with E-state index in [9.17, 15) is 14.7 Å². The highest BCUT2D eigenvalue weighted by Gasteiger charge is 2.43. The summed E-state index contributed by atoms with van der Waals surface area (Å²) in [6.07, 6.45) is 5.32. The van der Waals surface area contributed by atoms with Crippen LogP contribution >= 0.6 is 0 Å². The molecule has 2 heterocycles. The first-order chi connectivity index (χ1) is 11.5. The maximum atomic E-state index is 12.6. The average Bonchev–Trinajstić information content (AvgIpc) is 2.61. The number of ether oxygens (including phenoxy) is 1. The zero-order valence-corrected chi connectivity index (χ0v) is 14.1. The van der Waals surface area contributed by atoms with E-state index in [2.05, 4.69) is 15.3 Å². The molecule has 0 saturated carbocycles. The molecule has 1 atom stereocenters. The Labute approximate surface area is 141 Å². The second kappa shape index (κ2) is 8.05. The molecule has 0 aromatic carbocycles. The summed E-state index contributed by atoms with van der Waals surface area (Å²) in [5, 5.41) is 12.5. The molecule has 8 heteroatoms. The molecule has 0 spiro atoms. The van der Waals surface area contributed by atoms with Gasteiger partial charge in [-0.1, -0.05) is 0 Å². The zero-order valence-electron chi connectivity index (χ0n) is 14.1. The fourth-order valence-corrected chi connectivity index (χ4v) is 3.10. The van der Waals surface area contributed by atoms with Gasteiger partial charge in [-0.25, -0.2) is 9.97 Å². The summed E-state index contributed by atoms with van der Waals surface area (Å²) in [5.41, 5.74) is -0.537. The van der Waals surface area contributed by atoms with Crippen LogP contribution in [0.1, 0.15) is 36.0 Å². The minimum Gasteiger partial charge on any atom is -0.481 e. The third kappa shape index (κ3) is 4.00. The van der Waals surface area contributed by atoms with E-state index in [-0.39, 0.29) is 12.5 Å². The van der Waals surface area contributed by atoms with Crippen molar-refractivity contribution in [2.24, 2.45) is 5.41 Å². The monoisotopic (exact) mass is 336 g/mol. The molecular formula is C16H24N4O4. The fraction of sp³-hybridized carbons (Fsp3) is 0.625. The lowest BCUT2D eigenvalue weighted by Gasteiger charge is -2.40. The molecule has 1 saturated heterocycles. The van der Waals surface area contributed by atoms with Crippen LogP contribution < -0.4 is 5.32 Å². The molecule has 0 radical (unpaired) electrons. The summed E-state index contributed by atoms with van der Waals surface area (Å²) in [6, 6.07) is 0. The quantitative estimate of drug-likeness (QED) is 0.722. The first kappa shape index (κ1) is 18.1. The lowest BCUT2D eigenvalue weighted by molar-refractivity contribution is -0.152. The van der Waals surface area contributed by atoms with Gasteiger partial charge in [0.25, 0.3) is 5.91 Å². The van der Waals surface area contributed by atoms with Crippen LogP contribution in [0.25, 0.3) is 0 Å². The highest BCUT2D eigenvalue weighted by molar-refractivity contribution is 5.94. The van der Waals surface area contributed by atoms with Gasteiger partial charge in [0.2, 0.25) is 5.95 Å². The summed E-state index contributed by atoms with van der Waals surface area (Å²) in [4.78, 5) is 34.2. The third-order valence-corrected chi connectivity index (χ3v) is 4.44. The molecule has 132 valence electrons. The summed E-state index contributed by atoms with van der Waals surface area (Å²) in [5.74, 6) is -0.641. The standard InChI is InChI=1S/C16H24N4O4/c1-17-15-18-9-12(10-19-15)13(21)20-7-3-5-16(11-20,14(22)23)6-4-8-24-2/h9-10H,3-8,11H2,1-2H3,(H,22,23)(H,17,18,19)/t16-/m1/s1. The summed E-state index contributed by atoms with van der Waals surface area (Å²) in [6.45, 7) is 1.27. The number of aromatic nitrogens is 2. The number of rotatable bonds is 7. The van der Waals surface area contributed by atoms with Gasteiger partial charge in [-0.2, -0.15) is 0 Å². The van der Waals surface area contributed by atoms with Gasteiger partial charge in [-0.15, -0.1) is 0 Å². The minimum atomic E-state index is -0.905. The van der Waals surface area contributed by atoms with Crippen molar-refractivity contribution in [2.75, 3.05) is 39.2 Å². The Hall–Kier alpha value is -2.22. The number of nitrogens with one attached hydrogen (secondary N) is 1. The molecule has 1 aliphatic rings. The van der Waals surface area contributed by atoms with E-state index in [1.165, 1.54) is 12.4 Å². The number of methoxy groups -OCH3 is 1. The van der Waals surface area contributed by atoms with E-state index in [1.54, 1.807) is 19.1 Å². The predicted octanol–water partition coefficient (Wildman–Crippen LogP) is 1.25. The second-order valence-corrected chi connectivity index (χ2v) is 6.06. The summed E-state index contributed by atoms with van der Waals surface area (Å²) >= 11 is 0. The summed E-state index contributed by atoms with van der Waals surface area (Å²) < 4.78 is 5.03. The van der Waals surface area contributed by atoms with Crippen molar-refractivity contribution in [1.82, 2.24) is 14.9 Å². The Morgan fingerprint density at radius 1 is 1.42 bits per heavy atom.